The molecule has 0 aliphatic heterocycles. The van der Waals surface area contributed by atoms with Crippen LogP contribution in [-0.4, -0.2) is 10.1 Å². The van der Waals surface area contributed by atoms with E-state index >= 15 is 0 Å². The van der Waals surface area contributed by atoms with Gasteiger partial charge in [-0.25, -0.2) is 13.8 Å². The third-order valence-corrected chi connectivity index (χ3v) is 3.12. The maximum absolute atomic E-state index is 13.0. The average molecular weight is 241 g/mol. The summed E-state index contributed by atoms with van der Waals surface area (Å²) >= 11 is 1.34. The van der Waals surface area contributed by atoms with E-state index in [2.05, 4.69) is 4.98 Å². The van der Waals surface area contributed by atoms with Crippen LogP contribution in [0.2, 0.25) is 0 Å². The summed E-state index contributed by atoms with van der Waals surface area (Å²) in [6.07, 6.45) is 0. The lowest BCUT2D eigenvalue weighted by Crippen LogP contribution is -1.87. The fourth-order valence-electron chi connectivity index (χ4n) is 1.43. The zero-order valence-corrected chi connectivity index (χ0v) is 9.31. The van der Waals surface area contributed by atoms with Gasteiger partial charge in [0.2, 0.25) is 0 Å². The summed E-state index contributed by atoms with van der Waals surface area (Å²) < 4.78 is 25.8. The number of rotatable bonds is 2. The Bertz CT molecular complexity index is 525. The quantitative estimate of drug-likeness (QED) is 0.877. The zero-order chi connectivity index (χ0) is 11.7. The fourth-order valence-corrected chi connectivity index (χ4v) is 2.25. The Balaban J connectivity index is 2.49. The van der Waals surface area contributed by atoms with Crippen LogP contribution in [0.3, 0.4) is 0 Å². The van der Waals surface area contributed by atoms with Gasteiger partial charge in [-0.1, -0.05) is 0 Å². The van der Waals surface area contributed by atoms with E-state index in [0.29, 0.717) is 16.3 Å². The van der Waals surface area contributed by atoms with E-state index in [-0.39, 0.29) is 6.61 Å². The van der Waals surface area contributed by atoms with Crippen LogP contribution in [-0.2, 0) is 6.61 Å². The topological polar surface area (TPSA) is 33.1 Å². The number of hydrogen-bond acceptors (Lipinski definition) is 3. The van der Waals surface area contributed by atoms with E-state index in [4.69, 9.17) is 5.11 Å². The number of aromatic nitrogens is 1. The lowest BCUT2D eigenvalue weighted by molar-refractivity contribution is 0.281. The molecule has 0 atom stereocenters. The average Bonchev–Trinajstić information content (AvgIpc) is 2.64. The molecule has 5 heteroatoms. The van der Waals surface area contributed by atoms with Crippen molar-refractivity contribution in [3.05, 3.63) is 39.7 Å². The van der Waals surface area contributed by atoms with Crippen molar-refractivity contribution in [3.63, 3.8) is 0 Å². The number of halogens is 2. The Morgan fingerprint density at radius 2 is 2.06 bits per heavy atom. The van der Waals surface area contributed by atoms with Crippen molar-refractivity contribution in [2.45, 2.75) is 13.5 Å². The van der Waals surface area contributed by atoms with Crippen LogP contribution in [0.5, 0.6) is 0 Å². The van der Waals surface area contributed by atoms with Gasteiger partial charge in [-0.2, -0.15) is 0 Å². The summed E-state index contributed by atoms with van der Waals surface area (Å²) in [6.45, 7) is 1.68. The van der Waals surface area contributed by atoms with E-state index in [9.17, 15) is 8.78 Å². The van der Waals surface area contributed by atoms with E-state index in [1.165, 1.54) is 17.4 Å². The van der Waals surface area contributed by atoms with Gasteiger partial charge in [0.05, 0.1) is 12.3 Å². The van der Waals surface area contributed by atoms with Crippen molar-refractivity contribution in [2.24, 2.45) is 0 Å². The highest BCUT2D eigenvalue weighted by molar-refractivity contribution is 7.12. The van der Waals surface area contributed by atoms with Crippen molar-refractivity contribution in [1.82, 2.24) is 4.98 Å². The molecule has 0 bridgehead atoms. The summed E-state index contributed by atoms with van der Waals surface area (Å²) in [5.41, 5.74) is 1.11. The highest BCUT2D eigenvalue weighted by atomic mass is 32.1. The summed E-state index contributed by atoms with van der Waals surface area (Å²) in [7, 11) is 0. The first kappa shape index (κ1) is 11.2. The van der Waals surface area contributed by atoms with Crippen molar-refractivity contribution in [3.8, 4) is 11.3 Å². The van der Waals surface area contributed by atoms with Crippen LogP contribution in [0.4, 0.5) is 8.78 Å². The molecule has 2 rings (SSSR count). The van der Waals surface area contributed by atoms with E-state index in [1.807, 2.05) is 6.92 Å². The summed E-state index contributed by atoms with van der Waals surface area (Å²) in [5, 5.41) is 9.50. The predicted octanol–water partition coefficient (Wildman–Crippen LogP) is 2.89. The molecular weight excluding hydrogens is 232 g/mol. The van der Waals surface area contributed by atoms with Gasteiger partial charge < -0.3 is 5.11 Å². The third kappa shape index (κ3) is 1.96. The third-order valence-electron chi connectivity index (χ3n) is 2.17. The molecule has 0 aliphatic rings. The van der Waals surface area contributed by atoms with Crippen LogP contribution in [0, 0.1) is 18.6 Å². The molecular formula is C11H9F2NOS. The SMILES string of the molecule is Cc1sc(CO)nc1-c1ccc(F)c(F)c1. The maximum Gasteiger partial charge on any atom is 0.159 e. The molecule has 0 aliphatic carbocycles. The summed E-state index contributed by atoms with van der Waals surface area (Å²) in [5.74, 6) is -1.77. The molecule has 0 saturated carbocycles. The van der Waals surface area contributed by atoms with Crippen LogP contribution in [0.1, 0.15) is 9.88 Å². The monoisotopic (exact) mass is 241 g/mol. The predicted molar refractivity (Wildman–Crippen MR) is 58.1 cm³/mol. The van der Waals surface area contributed by atoms with Crippen LogP contribution >= 0.6 is 11.3 Å². The molecule has 1 aromatic carbocycles. The summed E-state index contributed by atoms with van der Waals surface area (Å²) in [6, 6.07) is 3.65. The Morgan fingerprint density at radius 3 is 2.62 bits per heavy atom. The van der Waals surface area contributed by atoms with Crippen LogP contribution in [0.25, 0.3) is 11.3 Å². The van der Waals surface area contributed by atoms with Crippen LogP contribution in [0.15, 0.2) is 18.2 Å². The van der Waals surface area contributed by atoms with Gasteiger partial charge in [0.15, 0.2) is 11.6 Å². The molecule has 2 aromatic rings. The number of nitrogens with zero attached hydrogens (tertiary/aromatic N) is 1. The minimum absolute atomic E-state index is 0.144. The first-order chi connectivity index (χ1) is 7.61. The second-order valence-electron chi connectivity index (χ2n) is 3.30. The van der Waals surface area contributed by atoms with Crippen molar-refractivity contribution in [2.75, 3.05) is 0 Å². The number of benzene rings is 1. The lowest BCUT2D eigenvalue weighted by atomic mass is 10.1. The van der Waals surface area contributed by atoms with Crippen LogP contribution < -0.4 is 0 Å². The smallest absolute Gasteiger partial charge is 0.159 e. The second kappa shape index (κ2) is 4.27. The number of hydrogen-bond donors (Lipinski definition) is 1. The van der Waals surface area contributed by atoms with Gasteiger partial charge in [0.1, 0.15) is 5.01 Å². The number of aliphatic hydroxyl groups is 1. The van der Waals surface area contributed by atoms with E-state index in [1.54, 1.807) is 0 Å². The summed E-state index contributed by atoms with van der Waals surface area (Å²) in [4.78, 5) is 5.02. The molecule has 0 fully saturated rings. The number of aliphatic hydroxyl groups excluding tert-OH is 1. The Kier molecular flexibility index (Phi) is 2.98. The van der Waals surface area contributed by atoms with E-state index in [0.717, 1.165) is 17.0 Å². The molecule has 16 heavy (non-hydrogen) atoms. The minimum Gasteiger partial charge on any atom is -0.389 e. The van der Waals surface area contributed by atoms with Crippen molar-refractivity contribution in [1.29, 1.82) is 0 Å². The largest absolute Gasteiger partial charge is 0.389 e. The van der Waals surface area contributed by atoms with Gasteiger partial charge >= 0.3 is 0 Å². The first-order valence-corrected chi connectivity index (χ1v) is 5.46. The highest BCUT2D eigenvalue weighted by Crippen LogP contribution is 2.28. The zero-order valence-electron chi connectivity index (χ0n) is 8.50. The van der Waals surface area contributed by atoms with E-state index < -0.39 is 11.6 Å². The molecule has 0 amide bonds. The molecule has 0 saturated heterocycles. The fraction of sp³-hybridized carbons (Fsp3) is 0.182. The normalized spacial score (nSPS) is 10.8. The second-order valence-corrected chi connectivity index (χ2v) is 4.59. The minimum atomic E-state index is -0.893. The first-order valence-electron chi connectivity index (χ1n) is 4.64. The standard InChI is InChI=1S/C11H9F2NOS/c1-6-11(14-10(5-15)16-6)7-2-3-8(12)9(13)4-7/h2-4,15H,5H2,1H3. The van der Waals surface area contributed by atoms with Gasteiger partial charge in [0, 0.05) is 10.4 Å². The number of aryl methyl sites for hydroxylation is 1. The lowest BCUT2D eigenvalue weighted by Gasteiger charge is -1.99. The molecule has 1 heterocycles. The molecule has 1 aromatic heterocycles. The molecule has 2 nitrogen and oxygen atoms in total. The van der Waals surface area contributed by atoms with Gasteiger partial charge in [-0.15, -0.1) is 11.3 Å². The Hall–Kier alpha value is -1.33. The molecule has 0 radical (unpaired) electrons. The number of thiazole rings is 1. The van der Waals surface area contributed by atoms with Gasteiger partial charge in [-0.3, -0.25) is 0 Å². The highest BCUT2D eigenvalue weighted by Gasteiger charge is 2.11. The Labute approximate surface area is 95.2 Å². The maximum atomic E-state index is 13.0. The Morgan fingerprint density at radius 1 is 1.31 bits per heavy atom. The van der Waals surface area contributed by atoms with Gasteiger partial charge in [0.25, 0.3) is 0 Å². The molecule has 0 spiro atoms. The van der Waals surface area contributed by atoms with Gasteiger partial charge in [-0.05, 0) is 25.1 Å². The molecule has 1 N–H and O–H groups in total. The van der Waals surface area contributed by atoms with Crippen molar-refractivity contribution < 1.29 is 13.9 Å². The molecule has 84 valence electrons. The van der Waals surface area contributed by atoms with Crippen molar-refractivity contribution >= 4 is 11.3 Å². The molecule has 0 unspecified atom stereocenters.